The monoisotopic (exact) mass is 397 g/mol. The number of ether oxygens (including phenoxy) is 1. The second-order valence-corrected chi connectivity index (χ2v) is 6.71. The Labute approximate surface area is 162 Å². The van der Waals surface area contributed by atoms with Gasteiger partial charge in [0.15, 0.2) is 0 Å². The summed E-state index contributed by atoms with van der Waals surface area (Å²) in [5.74, 6) is -4.28. The number of carboxylic acids is 1. The minimum atomic E-state index is -3.45. The minimum absolute atomic E-state index is 0.0397. The molecule has 2 unspecified atom stereocenters. The average Bonchev–Trinajstić information content (AvgIpc) is 3.02. The largest absolute Gasteiger partial charge is 0.481 e. The highest BCUT2D eigenvalue weighted by molar-refractivity contribution is 5.70. The third-order valence-electron chi connectivity index (χ3n) is 4.60. The Kier molecular flexibility index (Phi) is 7.92. The maximum atomic E-state index is 14.3. The number of benzene rings is 1. The first kappa shape index (κ1) is 21.8. The van der Waals surface area contributed by atoms with Gasteiger partial charge in [0.2, 0.25) is 0 Å². The van der Waals surface area contributed by atoms with Gasteiger partial charge in [0.1, 0.15) is 12.7 Å². The minimum Gasteiger partial charge on any atom is -0.481 e. The van der Waals surface area contributed by atoms with Crippen molar-refractivity contribution in [3.8, 4) is 0 Å². The summed E-state index contributed by atoms with van der Waals surface area (Å²) in [6, 6.07) is 6.53. The lowest BCUT2D eigenvalue weighted by atomic mass is 10.0. The molecule has 2 atom stereocenters. The Balaban J connectivity index is 1.87. The number of nitrogens with zero attached hydrogens (tertiary/aromatic N) is 1. The van der Waals surface area contributed by atoms with Crippen LogP contribution in [0.3, 0.4) is 0 Å². The van der Waals surface area contributed by atoms with Gasteiger partial charge in [0.25, 0.3) is 0 Å². The number of aliphatic carboxylic acids is 1. The molecule has 0 spiro atoms. The molecule has 0 radical (unpaired) electrons. The van der Waals surface area contributed by atoms with Crippen molar-refractivity contribution >= 4 is 12.1 Å². The third-order valence-corrected chi connectivity index (χ3v) is 4.60. The van der Waals surface area contributed by atoms with E-state index in [9.17, 15) is 23.5 Å². The number of amides is 1. The van der Waals surface area contributed by atoms with Gasteiger partial charge < -0.3 is 14.9 Å². The number of carbonyl (C=O) groups is 2. The van der Waals surface area contributed by atoms with E-state index >= 15 is 0 Å². The van der Waals surface area contributed by atoms with Gasteiger partial charge in [-0.25, -0.2) is 4.79 Å². The van der Waals surface area contributed by atoms with Gasteiger partial charge in [-0.15, -0.1) is 0 Å². The lowest BCUT2D eigenvalue weighted by Crippen LogP contribution is -2.34. The predicted molar refractivity (Wildman–Crippen MR) is 98.0 cm³/mol. The summed E-state index contributed by atoms with van der Waals surface area (Å²) in [7, 11) is 0. The Morgan fingerprint density at radius 2 is 1.93 bits per heavy atom. The fourth-order valence-corrected chi connectivity index (χ4v) is 2.98. The molecule has 28 heavy (non-hydrogen) atoms. The van der Waals surface area contributed by atoms with Gasteiger partial charge >= 0.3 is 18.0 Å². The van der Waals surface area contributed by atoms with Crippen LogP contribution in [0, 0.1) is 0 Å². The molecule has 0 bridgehead atoms. The first-order valence-electron chi connectivity index (χ1n) is 9.27. The van der Waals surface area contributed by atoms with Gasteiger partial charge in [-0.3, -0.25) is 9.69 Å². The molecular formula is C20H25F2NO5. The molecule has 1 aliphatic heterocycles. The van der Waals surface area contributed by atoms with Crippen LogP contribution in [0.2, 0.25) is 0 Å². The second-order valence-electron chi connectivity index (χ2n) is 6.71. The van der Waals surface area contributed by atoms with Crippen LogP contribution in [-0.4, -0.2) is 52.5 Å². The quantitative estimate of drug-likeness (QED) is 0.440. The van der Waals surface area contributed by atoms with E-state index in [1.165, 1.54) is 35.2 Å². The summed E-state index contributed by atoms with van der Waals surface area (Å²) in [6.07, 6.45) is 2.65. The summed E-state index contributed by atoms with van der Waals surface area (Å²) >= 11 is 0. The van der Waals surface area contributed by atoms with Crippen molar-refractivity contribution in [3.05, 3.63) is 48.0 Å². The van der Waals surface area contributed by atoms with E-state index in [2.05, 4.69) is 0 Å². The van der Waals surface area contributed by atoms with E-state index in [4.69, 9.17) is 9.84 Å². The third kappa shape index (κ3) is 6.02. The van der Waals surface area contributed by atoms with Gasteiger partial charge in [0.05, 0.1) is 6.04 Å². The molecule has 0 aliphatic carbocycles. The summed E-state index contributed by atoms with van der Waals surface area (Å²) in [4.78, 5) is 23.7. The van der Waals surface area contributed by atoms with Crippen molar-refractivity contribution in [2.45, 2.75) is 50.2 Å². The van der Waals surface area contributed by atoms with Crippen LogP contribution in [0.1, 0.15) is 37.7 Å². The molecule has 1 heterocycles. The number of rotatable bonds is 11. The Morgan fingerprint density at radius 1 is 1.25 bits per heavy atom. The van der Waals surface area contributed by atoms with Crippen LogP contribution in [0.5, 0.6) is 0 Å². The van der Waals surface area contributed by atoms with Crippen molar-refractivity contribution < 1.29 is 33.3 Å². The highest BCUT2D eigenvalue weighted by Gasteiger charge is 2.39. The molecule has 1 aromatic carbocycles. The Hall–Kier alpha value is -2.48. The molecule has 0 aromatic heterocycles. The number of unbranched alkanes of at least 4 members (excludes halogenated alkanes) is 3. The van der Waals surface area contributed by atoms with Crippen molar-refractivity contribution in [2.75, 3.05) is 13.2 Å². The summed E-state index contributed by atoms with van der Waals surface area (Å²) in [5.41, 5.74) is -0.288. The molecule has 8 heteroatoms. The number of alkyl halides is 2. The van der Waals surface area contributed by atoms with E-state index in [0.29, 0.717) is 19.4 Å². The zero-order valence-corrected chi connectivity index (χ0v) is 15.5. The lowest BCUT2D eigenvalue weighted by molar-refractivity contribution is -0.137. The fourth-order valence-electron chi connectivity index (χ4n) is 2.98. The number of cyclic esters (lactones) is 1. The molecule has 2 N–H and O–H groups in total. The maximum Gasteiger partial charge on any atom is 0.410 e. The number of halogens is 2. The average molecular weight is 397 g/mol. The number of aliphatic hydroxyl groups excluding tert-OH is 1. The first-order valence-corrected chi connectivity index (χ1v) is 9.27. The van der Waals surface area contributed by atoms with Crippen molar-refractivity contribution in [2.24, 2.45) is 0 Å². The van der Waals surface area contributed by atoms with Gasteiger partial charge in [-0.1, -0.05) is 55.3 Å². The molecule has 1 fully saturated rings. The second kappa shape index (κ2) is 10.2. The van der Waals surface area contributed by atoms with Gasteiger partial charge in [-0.2, -0.15) is 8.78 Å². The van der Waals surface area contributed by atoms with E-state index in [-0.39, 0.29) is 18.6 Å². The van der Waals surface area contributed by atoms with E-state index in [1.54, 1.807) is 6.07 Å². The molecule has 2 rings (SSSR count). The molecule has 1 amide bonds. The van der Waals surface area contributed by atoms with Crippen LogP contribution in [-0.2, 0) is 15.5 Å². The van der Waals surface area contributed by atoms with Crippen LogP contribution in [0.15, 0.2) is 42.5 Å². The van der Waals surface area contributed by atoms with Crippen molar-refractivity contribution in [1.82, 2.24) is 4.90 Å². The summed E-state index contributed by atoms with van der Waals surface area (Å²) in [6.45, 7) is 0.421. The molecule has 6 nitrogen and oxygen atoms in total. The fraction of sp³-hybridized carbons (Fsp3) is 0.500. The number of carboxylic acid groups (broad SMARTS) is 1. The lowest BCUT2D eigenvalue weighted by Gasteiger charge is -2.22. The number of hydrogen-bond acceptors (Lipinski definition) is 4. The van der Waals surface area contributed by atoms with E-state index < -0.39 is 30.1 Å². The number of aliphatic hydroxyl groups is 1. The van der Waals surface area contributed by atoms with Gasteiger partial charge in [-0.05, 0) is 12.8 Å². The summed E-state index contributed by atoms with van der Waals surface area (Å²) < 4.78 is 33.6. The standard InChI is InChI=1S/C20H25F2NO5/c21-20(22,15-8-4-3-5-9-15)17(24)12-11-16-14-28-19(27)23(16)13-7-2-1-6-10-18(25)26/h3-5,8-9,11-12,16-17,24H,1-2,6-7,10,13-14H2,(H,25,26). The van der Waals surface area contributed by atoms with Crippen molar-refractivity contribution in [1.29, 1.82) is 0 Å². The molecule has 0 saturated carbocycles. The zero-order chi connectivity index (χ0) is 20.6. The molecule has 1 aliphatic rings. The number of carbonyl (C=O) groups excluding carboxylic acids is 1. The van der Waals surface area contributed by atoms with Crippen LogP contribution < -0.4 is 0 Å². The predicted octanol–water partition coefficient (Wildman–Crippen LogP) is 3.55. The van der Waals surface area contributed by atoms with Crippen LogP contribution in [0.25, 0.3) is 0 Å². The molecule has 1 aromatic rings. The summed E-state index contributed by atoms with van der Waals surface area (Å²) in [5, 5.41) is 18.5. The van der Waals surface area contributed by atoms with Crippen LogP contribution >= 0.6 is 0 Å². The van der Waals surface area contributed by atoms with E-state index in [1.807, 2.05) is 0 Å². The van der Waals surface area contributed by atoms with E-state index in [0.717, 1.165) is 18.9 Å². The molecule has 1 saturated heterocycles. The maximum absolute atomic E-state index is 14.3. The SMILES string of the molecule is O=C(O)CCCCCCN1C(=O)OCC1C=CC(O)C(F)(F)c1ccccc1. The molecular weight excluding hydrogens is 372 g/mol. The smallest absolute Gasteiger partial charge is 0.410 e. The zero-order valence-electron chi connectivity index (χ0n) is 15.5. The normalized spacial score (nSPS) is 18.5. The number of hydrogen-bond donors (Lipinski definition) is 2. The topological polar surface area (TPSA) is 87.1 Å². The van der Waals surface area contributed by atoms with Crippen molar-refractivity contribution in [3.63, 3.8) is 0 Å². The first-order chi connectivity index (χ1) is 13.3. The Bertz CT molecular complexity index is 680. The molecule has 154 valence electrons. The Morgan fingerprint density at radius 3 is 2.61 bits per heavy atom. The highest BCUT2D eigenvalue weighted by Crippen LogP contribution is 2.32. The van der Waals surface area contributed by atoms with Crippen LogP contribution in [0.4, 0.5) is 13.6 Å². The van der Waals surface area contributed by atoms with Gasteiger partial charge in [0, 0.05) is 18.5 Å². The highest BCUT2D eigenvalue weighted by atomic mass is 19.3.